The molecule has 0 saturated carbocycles. The van der Waals surface area contributed by atoms with Gasteiger partial charge in [0.1, 0.15) is 5.82 Å². The summed E-state index contributed by atoms with van der Waals surface area (Å²) >= 11 is 0. The molecule has 6 heteroatoms. The molecule has 0 aliphatic rings. The number of nitro groups is 1. The lowest BCUT2D eigenvalue weighted by molar-refractivity contribution is -0.384. The van der Waals surface area contributed by atoms with Crippen LogP contribution in [0, 0.1) is 15.9 Å². The van der Waals surface area contributed by atoms with Crippen LogP contribution in [0.2, 0.25) is 0 Å². The number of non-ortho nitro benzene ring substituents is 1. The van der Waals surface area contributed by atoms with E-state index in [9.17, 15) is 19.3 Å². The highest BCUT2D eigenvalue weighted by Crippen LogP contribution is 2.12. The van der Waals surface area contributed by atoms with Gasteiger partial charge in [0.25, 0.3) is 5.69 Å². The van der Waals surface area contributed by atoms with E-state index in [1.165, 1.54) is 18.2 Å². The van der Waals surface area contributed by atoms with Crippen LogP contribution in [-0.4, -0.2) is 17.4 Å². The SMILES string of the molecule is O=C(Cc1ccc([N+](=O)[O-])cc1)NCCc1ccccc1F. The maximum Gasteiger partial charge on any atom is 0.269 e. The van der Waals surface area contributed by atoms with Crippen LogP contribution in [0.1, 0.15) is 11.1 Å². The van der Waals surface area contributed by atoms with Crippen LogP contribution in [0.25, 0.3) is 0 Å². The Kier molecular flexibility index (Phi) is 5.19. The molecule has 0 saturated heterocycles. The largest absolute Gasteiger partial charge is 0.355 e. The average molecular weight is 302 g/mol. The van der Waals surface area contributed by atoms with Crippen molar-refractivity contribution in [1.29, 1.82) is 0 Å². The highest BCUT2D eigenvalue weighted by molar-refractivity contribution is 5.78. The summed E-state index contributed by atoms with van der Waals surface area (Å²) in [6, 6.07) is 12.3. The predicted molar refractivity (Wildman–Crippen MR) is 79.9 cm³/mol. The molecule has 0 atom stereocenters. The monoisotopic (exact) mass is 302 g/mol. The molecule has 2 rings (SSSR count). The minimum Gasteiger partial charge on any atom is -0.355 e. The highest BCUT2D eigenvalue weighted by atomic mass is 19.1. The van der Waals surface area contributed by atoms with Gasteiger partial charge in [-0.3, -0.25) is 14.9 Å². The van der Waals surface area contributed by atoms with Crippen molar-refractivity contribution in [3.8, 4) is 0 Å². The van der Waals surface area contributed by atoms with E-state index in [-0.39, 0.29) is 23.8 Å². The fourth-order valence-corrected chi connectivity index (χ4v) is 2.02. The van der Waals surface area contributed by atoms with Gasteiger partial charge in [0.2, 0.25) is 5.91 Å². The Bertz CT molecular complexity index is 671. The number of hydrogen-bond acceptors (Lipinski definition) is 3. The van der Waals surface area contributed by atoms with E-state index >= 15 is 0 Å². The Morgan fingerprint density at radius 3 is 2.45 bits per heavy atom. The van der Waals surface area contributed by atoms with Crippen molar-refractivity contribution >= 4 is 11.6 Å². The van der Waals surface area contributed by atoms with E-state index in [1.54, 1.807) is 30.3 Å². The Labute approximate surface area is 126 Å². The first-order valence-electron chi connectivity index (χ1n) is 6.79. The van der Waals surface area contributed by atoms with E-state index in [0.29, 0.717) is 24.1 Å². The van der Waals surface area contributed by atoms with Crippen molar-refractivity contribution in [2.24, 2.45) is 0 Å². The van der Waals surface area contributed by atoms with E-state index < -0.39 is 4.92 Å². The number of nitro benzene ring substituents is 1. The smallest absolute Gasteiger partial charge is 0.269 e. The molecule has 5 nitrogen and oxygen atoms in total. The number of carbonyl (C=O) groups excluding carboxylic acids is 1. The van der Waals surface area contributed by atoms with E-state index in [1.807, 2.05) is 0 Å². The van der Waals surface area contributed by atoms with Crippen LogP contribution < -0.4 is 5.32 Å². The maximum absolute atomic E-state index is 13.4. The van der Waals surface area contributed by atoms with Crippen LogP contribution in [0.3, 0.4) is 0 Å². The number of benzene rings is 2. The quantitative estimate of drug-likeness (QED) is 0.658. The Hall–Kier alpha value is -2.76. The second-order valence-electron chi connectivity index (χ2n) is 4.79. The first-order valence-corrected chi connectivity index (χ1v) is 6.79. The molecule has 1 N–H and O–H groups in total. The molecule has 0 unspecified atom stereocenters. The van der Waals surface area contributed by atoms with Crippen molar-refractivity contribution < 1.29 is 14.1 Å². The van der Waals surface area contributed by atoms with Gasteiger partial charge < -0.3 is 5.32 Å². The standard InChI is InChI=1S/C16H15FN2O3/c17-15-4-2-1-3-13(15)9-10-18-16(20)11-12-5-7-14(8-6-12)19(21)22/h1-8H,9-11H2,(H,18,20). The first kappa shape index (κ1) is 15.6. The summed E-state index contributed by atoms with van der Waals surface area (Å²) in [5.74, 6) is -0.489. The summed E-state index contributed by atoms with van der Waals surface area (Å²) in [4.78, 5) is 21.8. The Balaban J connectivity index is 1.80. The normalized spacial score (nSPS) is 10.2. The van der Waals surface area contributed by atoms with Gasteiger partial charge in [-0.05, 0) is 23.6 Å². The molecule has 0 fully saturated rings. The van der Waals surface area contributed by atoms with Gasteiger partial charge in [0.15, 0.2) is 0 Å². The van der Waals surface area contributed by atoms with E-state index in [4.69, 9.17) is 0 Å². The molecule has 0 radical (unpaired) electrons. The van der Waals surface area contributed by atoms with Crippen molar-refractivity contribution in [2.45, 2.75) is 12.8 Å². The zero-order valence-corrected chi connectivity index (χ0v) is 11.8. The summed E-state index contributed by atoms with van der Waals surface area (Å²) in [6.45, 7) is 0.340. The molecular formula is C16H15FN2O3. The minimum absolute atomic E-state index is 0.0105. The van der Waals surface area contributed by atoms with Crippen LogP contribution >= 0.6 is 0 Å². The van der Waals surface area contributed by atoms with Crippen LogP contribution in [0.4, 0.5) is 10.1 Å². The molecule has 0 aromatic heterocycles. The third-order valence-electron chi connectivity index (χ3n) is 3.19. The summed E-state index contributed by atoms with van der Waals surface area (Å²) in [7, 11) is 0. The summed E-state index contributed by atoms with van der Waals surface area (Å²) in [6.07, 6.45) is 0.550. The van der Waals surface area contributed by atoms with Crippen molar-refractivity contribution in [3.05, 3.63) is 75.6 Å². The number of nitrogens with one attached hydrogen (secondary N) is 1. The number of halogens is 1. The molecular weight excluding hydrogens is 287 g/mol. The fourth-order valence-electron chi connectivity index (χ4n) is 2.02. The van der Waals surface area contributed by atoms with Crippen molar-refractivity contribution in [2.75, 3.05) is 6.54 Å². The zero-order valence-electron chi connectivity index (χ0n) is 11.8. The predicted octanol–water partition coefficient (Wildman–Crippen LogP) is 2.64. The molecule has 0 aliphatic carbocycles. The van der Waals surface area contributed by atoms with Gasteiger partial charge in [0.05, 0.1) is 11.3 Å². The minimum atomic E-state index is -0.488. The van der Waals surface area contributed by atoms with Crippen LogP contribution in [0.5, 0.6) is 0 Å². The van der Waals surface area contributed by atoms with Gasteiger partial charge in [-0.2, -0.15) is 0 Å². The molecule has 2 aromatic carbocycles. The fraction of sp³-hybridized carbons (Fsp3) is 0.188. The van der Waals surface area contributed by atoms with Crippen LogP contribution in [-0.2, 0) is 17.6 Å². The summed E-state index contributed by atoms with van der Waals surface area (Å²) < 4.78 is 13.4. The average Bonchev–Trinajstić information content (AvgIpc) is 2.50. The Morgan fingerprint density at radius 2 is 1.82 bits per heavy atom. The lowest BCUT2D eigenvalue weighted by atomic mass is 10.1. The van der Waals surface area contributed by atoms with Gasteiger partial charge in [0, 0.05) is 18.7 Å². The van der Waals surface area contributed by atoms with Crippen LogP contribution in [0.15, 0.2) is 48.5 Å². The molecule has 2 aromatic rings. The number of rotatable bonds is 6. The van der Waals surface area contributed by atoms with Crippen molar-refractivity contribution in [1.82, 2.24) is 5.32 Å². The summed E-state index contributed by atoms with van der Waals surface area (Å²) in [5.41, 5.74) is 1.23. The van der Waals surface area contributed by atoms with E-state index in [0.717, 1.165) is 0 Å². The zero-order chi connectivity index (χ0) is 15.9. The molecule has 0 aliphatic heterocycles. The molecule has 0 heterocycles. The first-order chi connectivity index (χ1) is 10.6. The second-order valence-corrected chi connectivity index (χ2v) is 4.79. The number of amides is 1. The van der Waals surface area contributed by atoms with Gasteiger partial charge in [-0.1, -0.05) is 30.3 Å². The third-order valence-corrected chi connectivity index (χ3v) is 3.19. The van der Waals surface area contributed by atoms with Gasteiger partial charge in [-0.15, -0.1) is 0 Å². The molecule has 22 heavy (non-hydrogen) atoms. The maximum atomic E-state index is 13.4. The summed E-state index contributed by atoms with van der Waals surface area (Å²) in [5, 5.41) is 13.2. The molecule has 114 valence electrons. The lowest BCUT2D eigenvalue weighted by Crippen LogP contribution is -2.27. The number of nitrogens with zero attached hydrogens (tertiary/aromatic N) is 1. The topological polar surface area (TPSA) is 72.2 Å². The molecule has 1 amide bonds. The second kappa shape index (κ2) is 7.31. The lowest BCUT2D eigenvalue weighted by Gasteiger charge is -2.06. The highest BCUT2D eigenvalue weighted by Gasteiger charge is 2.07. The number of hydrogen-bond donors (Lipinski definition) is 1. The Morgan fingerprint density at radius 1 is 1.14 bits per heavy atom. The van der Waals surface area contributed by atoms with Crippen molar-refractivity contribution in [3.63, 3.8) is 0 Å². The van der Waals surface area contributed by atoms with Gasteiger partial charge >= 0.3 is 0 Å². The molecule has 0 bridgehead atoms. The van der Waals surface area contributed by atoms with Gasteiger partial charge in [-0.25, -0.2) is 4.39 Å². The molecule has 0 spiro atoms. The third kappa shape index (κ3) is 4.37. The number of carbonyl (C=O) groups is 1. The van der Waals surface area contributed by atoms with E-state index in [2.05, 4.69) is 5.32 Å².